The number of hydrogen-bond donors (Lipinski definition) is 0. The molecule has 87 valence electrons. The Balaban J connectivity index is 2.12. The number of hydrogen-bond acceptors (Lipinski definition) is 1. The number of rotatable bonds is 3. The lowest BCUT2D eigenvalue weighted by atomic mass is 9.97. The molecule has 0 aliphatic carbocycles. The van der Waals surface area contributed by atoms with Gasteiger partial charge in [0.2, 0.25) is 0 Å². The molecule has 1 nitrogen and oxygen atoms in total. The minimum atomic E-state index is -2.77. The molecule has 0 N–H and O–H groups in total. The molecule has 1 unspecified atom stereocenters. The summed E-state index contributed by atoms with van der Waals surface area (Å²) in [6, 6.07) is 3.81. The van der Waals surface area contributed by atoms with E-state index in [-0.39, 0.29) is 5.92 Å². The maximum atomic E-state index is 13.0. The molecule has 1 radical (unpaired) electrons. The Labute approximate surface area is 92.2 Å². The lowest BCUT2D eigenvalue weighted by Gasteiger charge is -2.09. The fraction of sp³-hybridized carbons (Fsp3) is 0.417. The van der Waals surface area contributed by atoms with E-state index >= 15 is 0 Å². The van der Waals surface area contributed by atoms with Crippen molar-refractivity contribution >= 4 is 0 Å². The summed E-state index contributed by atoms with van der Waals surface area (Å²) in [7, 11) is 0. The van der Waals surface area contributed by atoms with Crippen LogP contribution in [0, 0.1) is 18.2 Å². The molecule has 1 aromatic carbocycles. The van der Waals surface area contributed by atoms with Crippen LogP contribution in [-0.2, 0) is 4.74 Å². The van der Waals surface area contributed by atoms with Gasteiger partial charge in [-0.15, -0.1) is 0 Å². The smallest absolute Gasteiger partial charge is 0.266 e. The normalized spacial score (nSPS) is 20.6. The number of benzene rings is 1. The van der Waals surface area contributed by atoms with Crippen LogP contribution in [0.2, 0.25) is 0 Å². The van der Waals surface area contributed by atoms with Crippen molar-refractivity contribution in [1.82, 2.24) is 0 Å². The fourth-order valence-corrected chi connectivity index (χ4v) is 1.79. The van der Waals surface area contributed by atoms with Crippen molar-refractivity contribution in [2.24, 2.45) is 5.92 Å². The van der Waals surface area contributed by atoms with Crippen molar-refractivity contribution in [3.05, 3.63) is 41.6 Å². The van der Waals surface area contributed by atoms with Gasteiger partial charge >= 0.3 is 0 Å². The van der Waals surface area contributed by atoms with Crippen LogP contribution in [0.4, 0.5) is 13.2 Å². The molecule has 1 aliphatic heterocycles. The first-order valence-electron chi connectivity index (χ1n) is 5.17. The molecule has 1 heterocycles. The van der Waals surface area contributed by atoms with E-state index in [1.54, 1.807) is 0 Å². The van der Waals surface area contributed by atoms with Crippen LogP contribution < -0.4 is 0 Å². The zero-order valence-electron chi connectivity index (χ0n) is 8.63. The van der Waals surface area contributed by atoms with Crippen LogP contribution in [0.3, 0.4) is 0 Å². The van der Waals surface area contributed by atoms with Crippen LogP contribution >= 0.6 is 0 Å². The monoisotopic (exact) mass is 229 g/mol. The minimum Gasteiger partial charge on any atom is -0.381 e. The molecule has 1 aromatic rings. The second-order valence-corrected chi connectivity index (χ2v) is 3.87. The van der Waals surface area contributed by atoms with Gasteiger partial charge in [0.15, 0.2) is 0 Å². The van der Waals surface area contributed by atoms with Gasteiger partial charge in [0.05, 0.1) is 12.2 Å². The van der Waals surface area contributed by atoms with Crippen LogP contribution in [0.15, 0.2) is 18.2 Å². The van der Waals surface area contributed by atoms with Crippen molar-refractivity contribution in [1.29, 1.82) is 0 Å². The highest BCUT2D eigenvalue weighted by molar-refractivity contribution is 5.31. The van der Waals surface area contributed by atoms with E-state index in [0.717, 1.165) is 12.5 Å². The van der Waals surface area contributed by atoms with Crippen molar-refractivity contribution in [3.8, 4) is 0 Å². The van der Waals surface area contributed by atoms with Crippen molar-refractivity contribution < 1.29 is 17.9 Å². The Morgan fingerprint density at radius 2 is 2.19 bits per heavy atom. The third-order valence-corrected chi connectivity index (χ3v) is 2.65. The Bertz CT molecular complexity index is 359. The minimum absolute atomic E-state index is 0.246. The molecule has 1 saturated heterocycles. The Kier molecular flexibility index (Phi) is 3.49. The van der Waals surface area contributed by atoms with Crippen molar-refractivity contribution in [2.45, 2.75) is 12.8 Å². The summed E-state index contributed by atoms with van der Waals surface area (Å²) >= 11 is 0. The molecule has 2 rings (SSSR count). The summed E-state index contributed by atoms with van der Waals surface area (Å²) in [5.74, 6) is -0.606. The second kappa shape index (κ2) is 4.87. The van der Waals surface area contributed by atoms with Gasteiger partial charge in [-0.25, -0.2) is 13.2 Å². The molecular weight excluding hydrogens is 217 g/mol. The zero-order valence-corrected chi connectivity index (χ0v) is 8.63. The third-order valence-electron chi connectivity index (χ3n) is 2.65. The highest BCUT2D eigenvalue weighted by Gasteiger charge is 2.19. The van der Waals surface area contributed by atoms with Gasteiger partial charge in [-0.2, -0.15) is 0 Å². The molecule has 4 heteroatoms. The standard InChI is InChI=1S/C12H12F3O/c13-11-2-1-8(6-10(11)12(14)15)5-9-3-4-16-7-9/h1-2,5-6,9,12H,3-4,7H2. The first kappa shape index (κ1) is 11.5. The lowest BCUT2D eigenvalue weighted by Crippen LogP contribution is -2.02. The van der Waals surface area contributed by atoms with E-state index in [4.69, 9.17) is 4.74 Å². The maximum absolute atomic E-state index is 13.0. The van der Waals surface area contributed by atoms with Gasteiger partial charge in [0.25, 0.3) is 6.43 Å². The van der Waals surface area contributed by atoms with E-state index < -0.39 is 17.8 Å². The first-order valence-corrected chi connectivity index (χ1v) is 5.17. The van der Waals surface area contributed by atoms with E-state index in [2.05, 4.69) is 0 Å². The molecule has 0 spiro atoms. The molecule has 0 aromatic heterocycles. The summed E-state index contributed by atoms with van der Waals surface area (Å²) in [4.78, 5) is 0. The fourth-order valence-electron chi connectivity index (χ4n) is 1.79. The molecule has 0 amide bonds. The third kappa shape index (κ3) is 2.55. The predicted molar refractivity (Wildman–Crippen MR) is 53.7 cm³/mol. The van der Waals surface area contributed by atoms with Crippen LogP contribution in [0.25, 0.3) is 0 Å². The van der Waals surface area contributed by atoms with Crippen molar-refractivity contribution in [2.75, 3.05) is 13.2 Å². The average molecular weight is 229 g/mol. The van der Waals surface area contributed by atoms with Gasteiger partial charge < -0.3 is 4.74 Å². The SMILES string of the molecule is Fc1ccc([CH]C2CCOC2)cc1C(F)F. The van der Waals surface area contributed by atoms with E-state index in [1.165, 1.54) is 12.1 Å². The zero-order chi connectivity index (χ0) is 11.5. The highest BCUT2D eigenvalue weighted by Crippen LogP contribution is 2.26. The number of ether oxygens (including phenoxy) is 1. The Morgan fingerprint density at radius 1 is 1.38 bits per heavy atom. The lowest BCUT2D eigenvalue weighted by molar-refractivity contribution is 0.146. The summed E-state index contributed by atoms with van der Waals surface area (Å²) in [6.07, 6.45) is -0.0205. The summed E-state index contributed by atoms with van der Waals surface area (Å²) in [5.41, 5.74) is 0.0971. The van der Waals surface area contributed by atoms with Gasteiger partial charge in [-0.1, -0.05) is 6.07 Å². The largest absolute Gasteiger partial charge is 0.381 e. The van der Waals surface area contributed by atoms with Crippen LogP contribution in [0.5, 0.6) is 0 Å². The molecule has 1 aliphatic rings. The molecular formula is C12H12F3O. The number of halogens is 3. The van der Waals surface area contributed by atoms with E-state index in [0.29, 0.717) is 18.8 Å². The average Bonchev–Trinajstić information content (AvgIpc) is 2.73. The Morgan fingerprint density at radius 3 is 2.81 bits per heavy atom. The van der Waals surface area contributed by atoms with Gasteiger partial charge in [-0.3, -0.25) is 0 Å². The highest BCUT2D eigenvalue weighted by atomic mass is 19.3. The maximum Gasteiger partial charge on any atom is 0.266 e. The van der Waals surface area contributed by atoms with Crippen LogP contribution in [0.1, 0.15) is 24.0 Å². The number of alkyl halides is 2. The first-order chi connectivity index (χ1) is 7.66. The quantitative estimate of drug-likeness (QED) is 0.772. The summed E-state index contributed by atoms with van der Waals surface area (Å²) in [5, 5.41) is 0. The van der Waals surface area contributed by atoms with E-state index in [9.17, 15) is 13.2 Å². The van der Waals surface area contributed by atoms with Gasteiger partial charge in [-0.05, 0) is 36.5 Å². The topological polar surface area (TPSA) is 9.23 Å². The molecule has 0 saturated carbocycles. The van der Waals surface area contributed by atoms with E-state index in [1.807, 2.05) is 6.42 Å². The molecule has 0 bridgehead atoms. The Hall–Kier alpha value is -1.03. The summed E-state index contributed by atoms with van der Waals surface area (Å²) in [6.45, 7) is 1.31. The van der Waals surface area contributed by atoms with Gasteiger partial charge in [0.1, 0.15) is 5.82 Å². The predicted octanol–water partition coefficient (Wildman–Crippen LogP) is 3.35. The molecule has 1 fully saturated rings. The molecule has 16 heavy (non-hydrogen) atoms. The van der Waals surface area contributed by atoms with Crippen molar-refractivity contribution in [3.63, 3.8) is 0 Å². The van der Waals surface area contributed by atoms with Gasteiger partial charge in [0, 0.05) is 6.61 Å². The molecule has 1 atom stereocenters. The second-order valence-electron chi connectivity index (χ2n) is 3.87. The summed E-state index contributed by atoms with van der Waals surface area (Å²) < 4.78 is 43.1. The van der Waals surface area contributed by atoms with Crippen LogP contribution in [-0.4, -0.2) is 13.2 Å².